The number of aliphatic hydroxyl groups is 2. The van der Waals surface area contributed by atoms with E-state index in [1.54, 1.807) is 12.1 Å². The second kappa shape index (κ2) is 6.86. The van der Waals surface area contributed by atoms with Crippen LogP contribution in [0.5, 0.6) is 0 Å². The summed E-state index contributed by atoms with van der Waals surface area (Å²) in [6.07, 6.45) is 0. The number of rotatable bonds is 6. The van der Waals surface area contributed by atoms with Crippen LogP contribution < -0.4 is 10.6 Å². The SMILES string of the molecule is Cc1ccc(Cl)cc1NC(=O)CNCC(C)(O)CO. The molecule has 1 amide bonds. The van der Waals surface area contributed by atoms with Gasteiger partial charge >= 0.3 is 0 Å². The van der Waals surface area contributed by atoms with Crippen LogP contribution in [0.3, 0.4) is 0 Å². The Morgan fingerprint density at radius 3 is 2.79 bits per heavy atom. The molecular formula is C13H19ClN2O3. The summed E-state index contributed by atoms with van der Waals surface area (Å²) in [6.45, 7) is 3.16. The lowest BCUT2D eigenvalue weighted by molar-refractivity contribution is -0.115. The Labute approximate surface area is 117 Å². The lowest BCUT2D eigenvalue weighted by Crippen LogP contribution is -2.43. The van der Waals surface area contributed by atoms with Gasteiger partial charge in [-0.25, -0.2) is 0 Å². The molecule has 4 N–H and O–H groups in total. The summed E-state index contributed by atoms with van der Waals surface area (Å²) < 4.78 is 0. The summed E-state index contributed by atoms with van der Waals surface area (Å²) in [6, 6.07) is 5.25. The summed E-state index contributed by atoms with van der Waals surface area (Å²) in [5.41, 5.74) is 0.347. The van der Waals surface area contributed by atoms with Gasteiger partial charge in [-0.1, -0.05) is 17.7 Å². The van der Waals surface area contributed by atoms with E-state index in [1.807, 2.05) is 13.0 Å². The Bertz CT molecular complexity index is 450. The van der Waals surface area contributed by atoms with Crippen LogP contribution in [-0.4, -0.2) is 41.4 Å². The fourth-order valence-electron chi connectivity index (χ4n) is 1.42. The van der Waals surface area contributed by atoms with Crippen LogP contribution in [0.2, 0.25) is 5.02 Å². The predicted octanol–water partition coefficient (Wildman–Crippen LogP) is 0.920. The zero-order valence-corrected chi connectivity index (χ0v) is 11.8. The quantitative estimate of drug-likeness (QED) is 0.627. The number of hydrogen-bond acceptors (Lipinski definition) is 4. The molecule has 0 spiro atoms. The number of nitrogens with one attached hydrogen (secondary N) is 2. The van der Waals surface area contributed by atoms with Gasteiger partial charge in [0.15, 0.2) is 0 Å². The molecule has 0 aliphatic carbocycles. The van der Waals surface area contributed by atoms with Crippen molar-refractivity contribution in [1.82, 2.24) is 5.32 Å². The van der Waals surface area contributed by atoms with Crippen LogP contribution in [0.25, 0.3) is 0 Å². The van der Waals surface area contributed by atoms with Crippen molar-refractivity contribution in [2.75, 3.05) is 25.0 Å². The summed E-state index contributed by atoms with van der Waals surface area (Å²) in [5, 5.41) is 24.5. The van der Waals surface area contributed by atoms with E-state index in [4.69, 9.17) is 16.7 Å². The third kappa shape index (κ3) is 5.57. The number of halogens is 1. The normalized spacial score (nSPS) is 13.9. The summed E-state index contributed by atoms with van der Waals surface area (Å²) in [4.78, 5) is 11.7. The maximum absolute atomic E-state index is 11.7. The van der Waals surface area contributed by atoms with Crippen molar-refractivity contribution < 1.29 is 15.0 Å². The number of hydrogen-bond donors (Lipinski definition) is 4. The second-order valence-electron chi connectivity index (χ2n) is 4.77. The van der Waals surface area contributed by atoms with E-state index in [2.05, 4.69) is 10.6 Å². The number of benzene rings is 1. The molecule has 1 aromatic carbocycles. The number of anilines is 1. The van der Waals surface area contributed by atoms with Crippen LogP contribution in [0.1, 0.15) is 12.5 Å². The van der Waals surface area contributed by atoms with Crippen LogP contribution in [0.15, 0.2) is 18.2 Å². The van der Waals surface area contributed by atoms with Crippen molar-refractivity contribution in [3.05, 3.63) is 28.8 Å². The number of amides is 1. The highest BCUT2D eigenvalue weighted by Crippen LogP contribution is 2.19. The van der Waals surface area contributed by atoms with Crippen LogP contribution in [0.4, 0.5) is 5.69 Å². The first-order valence-corrected chi connectivity index (χ1v) is 6.32. The number of aliphatic hydroxyl groups excluding tert-OH is 1. The van der Waals surface area contributed by atoms with Crippen LogP contribution >= 0.6 is 11.6 Å². The monoisotopic (exact) mass is 286 g/mol. The molecule has 5 nitrogen and oxygen atoms in total. The van der Waals surface area contributed by atoms with E-state index in [9.17, 15) is 9.90 Å². The fourth-order valence-corrected chi connectivity index (χ4v) is 1.60. The first-order chi connectivity index (χ1) is 8.84. The van der Waals surface area contributed by atoms with Gasteiger partial charge in [-0.3, -0.25) is 4.79 Å². The average Bonchev–Trinajstić information content (AvgIpc) is 2.33. The van der Waals surface area contributed by atoms with Crippen molar-refractivity contribution in [3.8, 4) is 0 Å². The van der Waals surface area contributed by atoms with Gasteiger partial charge in [0.05, 0.1) is 18.8 Å². The maximum Gasteiger partial charge on any atom is 0.238 e. The van der Waals surface area contributed by atoms with Crippen molar-refractivity contribution >= 4 is 23.2 Å². The molecule has 1 aromatic rings. The standard InChI is InChI=1S/C13H19ClN2O3/c1-9-3-4-10(14)5-11(9)16-12(18)6-15-7-13(2,19)8-17/h3-5,15,17,19H,6-8H2,1-2H3,(H,16,18). The lowest BCUT2D eigenvalue weighted by atomic mass is 10.1. The summed E-state index contributed by atoms with van der Waals surface area (Å²) in [7, 11) is 0. The van der Waals surface area contributed by atoms with E-state index < -0.39 is 5.60 Å². The van der Waals surface area contributed by atoms with E-state index >= 15 is 0 Å². The van der Waals surface area contributed by atoms with Gasteiger partial charge in [-0.15, -0.1) is 0 Å². The molecule has 0 saturated carbocycles. The highest BCUT2D eigenvalue weighted by atomic mass is 35.5. The fraction of sp³-hybridized carbons (Fsp3) is 0.462. The maximum atomic E-state index is 11.7. The van der Waals surface area contributed by atoms with E-state index in [-0.39, 0.29) is 25.6 Å². The van der Waals surface area contributed by atoms with Gasteiger partial charge < -0.3 is 20.8 Å². The molecule has 106 valence electrons. The molecule has 6 heteroatoms. The number of carbonyl (C=O) groups is 1. The summed E-state index contributed by atoms with van der Waals surface area (Å²) in [5.74, 6) is -0.237. The van der Waals surface area contributed by atoms with Gasteiger partial charge in [0, 0.05) is 17.3 Å². The van der Waals surface area contributed by atoms with Gasteiger partial charge in [0.1, 0.15) is 0 Å². The largest absolute Gasteiger partial charge is 0.393 e. The number of aryl methyl sites for hydroxylation is 1. The molecule has 0 bridgehead atoms. The zero-order chi connectivity index (χ0) is 14.5. The molecule has 0 heterocycles. The minimum absolute atomic E-state index is 0.0438. The predicted molar refractivity (Wildman–Crippen MR) is 75.4 cm³/mol. The highest BCUT2D eigenvalue weighted by Gasteiger charge is 2.18. The third-order valence-corrected chi connectivity index (χ3v) is 2.84. The third-order valence-electron chi connectivity index (χ3n) is 2.61. The first-order valence-electron chi connectivity index (χ1n) is 5.94. The van der Waals surface area contributed by atoms with E-state index in [1.165, 1.54) is 6.92 Å². The molecule has 0 aliphatic rings. The summed E-state index contributed by atoms with van der Waals surface area (Å²) >= 11 is 5.86. The average molecular weight is 287 g/mol. The minimum atomic E-state index is -1.23. The molecule has 1 unspecified atom stereocenters. The van der Waals surface area contributed by atoms with Crippen LogP contribution in [0, 0.1) is 6.92 Å². The molecule has 0 aliphatic heterocycles. The highest BCUT2D eigenvalue weighted by molar-refractivity contribution is 6.31. The molecule has 0 saturated heterocycles. The Hall–Kier alpha value is -1.14. The van der Waals surface area contributed by atoms with Crippen molar-refractivity contribution in [1.29, 1.82) is 0 Å². The molecule has 19 heavy (non-hydrogen) atoms. The Balaban J connectivity index is 2.45. The molecule has 0 aromatic heterocycles. The molecule has 1 rings (SSSR count). The van der Waals surface area contributed by atoms with Crippen molar-refractivity contribution in [2.24, 2.45) is 0 Å². The molecule has 0 radical (unpaired) electrons. The van der Waals surface area contributed by atoms with Gasteiger partial charge in [0.25, 0.3) is 0 Å². The zero-order valence-electron chi connectivity index (χ0n) is 11.0. The van der Waals surface area contributed by atoms with Crippen LogP contribution in [-0.2, 0) is 4.79 Å². The molecular weight excluding hydrogens is 268 g/mol. The molecule has 1 atom stereocenters. The van der Waals surface area contributed by atoms with Gasteiger partial charge in [0.2, 0.25) is 5.91 Å². The smallest absolute Gasteiger partial charge is 0.238 e. The lowest BCUT2D eigenvalue weighted by Gasteiger charge is -2.20. The van der Waals surface area contributed by atoms with Gasteiger partial charge in [-0.05, 0) is 31.5 Å². The van der Waals surface area contributed by atoms with E-state index in [0.29, 0.717) is 10.7 Å². The first kappa shape index (κ1) is 15.9. The Morgan fingerprint density at radius 1 is 1.47 bits per heavy atom. The van der Waals surface area contributed by atoms with E-state index in [0.717, 1.165) is 5.56 Å². The van der Waals surface area contributed by atoms with Crippen molar-refractivity contribution in [2.45, 2.75) is 19.4 Å². The topological polar surface area (TPSA) is 81.6 Å². The Morgan fingerprint density at radius 2 is 2.16 bits per heavy atom. The Kier molecular flexibility index (Phi) is 5.75. The number of carbonyl (C=O) groups excluding carboxylic acids is 1. The minimum Gasteiger partial charge on any atom is -0.393 e. The second-order valence-corrected chi connectivity index (χ2v) is 5.20. The molecule has 0 fully saturated rings. The van der Waals surface area contributed by atoms with Crippen molar-refractivity contribution in [3.63, 3.8) is 0 Å². The van der Waals surface area contributed by atoms with Gasteiger partial charge in [-0.2, -0.15) is 0 Å².